The first-order valence-corrected chi connectivity index (χ1v) is 6.65. The van der Waals surface area contributed by atoms with Crippen LogP contribution in [-0.4, -0.2) is 23.9 Å². The molecule has 0 atom stereocenters. The van der Waals surface area contributed by atoms with Crippen molar-refractivity contribution < 1.29 is 14.3 Å². The summed E-state index contributed by atoms with van der Waals surface area (Å²) in [5, 5.41) is 7.18. The number of ketones is 1. The number of hydrogen-bond acceptors (Lipinski definition) is 5. The molecule has 0 aliphatic carbocycles. The van der Waals surface area contributed by atoms with E-state index in [9.17, 15) is 9.59 Å². The van der Waals surface area contributed by atoms with E-state index < -0.39 is 6.03 Å². The SMILES string of the molecule is COc1ccccc1NC(=O)Nc1nc(C(C)=O)cs1. The Morgan fingerprint density at radius 2 is 2.00 bits per heavy atom. The van der Waals surface area contributed by atoms with Crippen molar-refractivity contribution in [2.45, 2.75) is 6.92 Å². The molecule has 104 valence electrons. The van der Waals surface area contributed by atoms with Crippen LogP contribution in [0.25, 0.3) is 0 Å². The number of amides is 2. The van der Waals surface area contributed by atoms with E-state index in [1.54, 1.807) is 23.6 Å². The van der Waals surface area contributed by atoms with E-state index >= 15 is 0 Å². The first kappa shape index (κ1) is 14.0. The van der Waals surface area contributed by atoms with Crippen molar-refractivity contribution in [3.8, 4) is 5.75 Å². The van der Waals surface area contributed by atoms with Gasteiger partial charge in [-0.3, -0.25) is 10.1 Å². The van der Waals surface area contributed by atoms with Gasteiger partial charge in [-0.15, -0.1) is 11.3 Å². The molecule has 7 heteroatoms. The molecule has 0 spiro atoms. The largest absolute Gasteiger partial charge is 0.495 e. The van der Waals surface area contributed by atoms with Crippen LogP contribution in [-0.2, 0) is 0 Å². The number of ether oxygens (including phenoxy) is 1. The van der Waals surface area contributed by atoms with Gasteiger partial charge in [0.25, 0.3) is 0 Å². The fourth-order valence-corrected chi connectivity index (χ4v) is 2.24. The average Bonchev–Trinajstić information content (AvgIpc) is 2.88. The van der Waals surface area contributed by atoms with E-state index in [0.29, 0.717) is 22.3 Å². The van der Waals surface area contributed by atoms with Gasteiger partial charge in [0.05, 0.1) is 12.8 Å². The maximum Gasteiger partial charge on any atom is 0.325 e. The van der Waals surface area contributed by atoms with Crippen LogP contribution in [0.1, 0.15) is 17.4 Å². The van der Waals surface area contributed by atoms with Crippen molar-refractivity contribution in [1.29, 1.82) is 0 Å². The van der Waals surface area contributed by atoms with Gasteiger partial charge < -0.3 is 10.1 Å². The lowest BCUT2D eigenvalue weighted by molar-refractivity contribution is 0.101. The van der Waals surface area contributed by atoms with Gasteiger partial charge in [-0.25, -0.2) is 9.78 Å². The van der Waals surface area contributed by atoms with Crippen LogP contribution in [0, 0.1) is 0 Å². The van der Waals surface area contributed by atoms with Crippen molar-refractivity contribution >= 4 is 34.0 Å². The zero-order valence-corrected chi connectivity index (χ0v) is 11.8. The van der Waals surface area contributed by atoms with Crippen LogP contribution < -0.4 is 15.4 Å². The van der Waals surface area contributed by atoms with Gasteiger partial charge in [-0.05, 0) is 12.1 Å². The standard InChI is InChI=1S/C13H13N3O3S/c1-8(17)10-7-20-13(15-10)16-12(18)14-9-5-3-4-6-11(9)19-2/h3-7H,1-2H3,(H2,14,15,16,18). The molecule has 0 aliphatic heterocycles. The molecule has 20 heavy (non-hydrogen) atoms. The number of rotatable bonds is 4. The number of nitrogens with zero attached hydrogens (tertiary/aromatic N) is 1. The van der Waals surface area contributed by atoms with E-state index in [-0.39, 0.29) is 5.78 Å². The fraction of sp³-hybridized carbons (Fsp3) is 0.154. The van der Waals surface area contributed by atoms with Crippen LogP contribution in [0.2, 0.25) is 0 Å². The predicted octanol–water partition coefficient (Wildman–Crippen LogP) is 3.00. The highest BCUT2D eigenvalue weighted by molar-refractivity contribution is 7.14. The monoisotopic (exact) mass is 291 g/mol. The number of para-hydroxylation sites is 2. The molecule has 0 fully saturated rings. The molecule has 0 unspecified atom stereocenters. The minimum Gasteiger partial charge on any atom is -0.495 e. The van der Waals surface area contributed by atoms with Gasteiger partial charge >= 0.3 is 6.03 Å². The molecule has 1 heterocycles. The molecule has 2 amide bonds. The number of aromatic nitrogens is 1. The Hall–Kier alpha value is -2.41. The quantitative estimate of drug-likeness (QED) is 0.849. The Labute approximate surface area is 119 Å². The Morgan fingerprint density at radius 1 is 1.25 bits per heavy atom. The van der Waals surface area contributed by atoms with Gasteiger partial charge in [-0.1, -0.05) is 12.1 Å². The molecule has 2 N–H and O–H groups in total. The van der Waals surface area contributed by atoms with Crippen molar-refractivity contribution in [2.75, 3.05) is 17.7 Å². The number of urea groups is 1. The second-order valence-electron chi connectivity index (χ2n) is 3.87. The molecule has 1 aromatic carbocycles. The minimum absolute atomic E-state index is 0.139. The third-order valence-corrected chi connectivity index (χ3v) is 3.20. The molecule has 2 rings (SSSR count). The molecule has 0 bridgehead atoms. The minimum atomic E-state index is -0.445. The lowest BCUT2D eigenvalue weighted by Crippen LogP contribution is -2.19. The third kappa shape index (κ3) is 3.33. The lowest BCUT2D eigenvalue weighted by atomic mass is 10.3. The Bertz CT molecular complexity index is 639. The molecule has 2 aromatic rings. The maximum absolute atomic E-state index is 11.8. The Kier molecular flexibility index (Phi) is 4.31. The molecule has 0 saturated heterocycles. The summed E-state index contributed by atoms with van der Waals surface area (Å²) in [6, 6.07) is 6.62. The smallest absolute Gasteiger partial charge is 0.325 e. The molecule has 0 radical (unpaired) electrons. The van der Waals surface area contributed by atoms with Crippen molar-refractivity contribution in [2.24, 2.45) is 0 Å². The second kappa shape index (κ2) is 6.16. The van der Waals surface area contributed by atoms with Crippen LogP contribution in [0.3, 0.4) is 0 Å². The van der Waals surface area contributed by atoms with Crippen LogP contribution in [0.4, 0.5) is 15.6 Å². The molecular formula is C13H13N3O3S. The van der Waals surface area contributed by atoms with Crippen molar-refractivity contribution in [1.82, 2.24) is 4.98 Å². The fourth-order valence-electron chi connectivity index (χ4n) is 1.49. The molecular weight excluding hydrogens is 278 g/mol. The number of carbonyl (C=O) groups excluding carboxylic acids is 2. The first-order valence-electron chi connectivity index (χ1n) is 5.77. The summed E-state index contributed by atoms with van der Waals surface area (Å²) in [4.78, 5) is 27.0. The molecule has 0 aliphatic rings. The number of methoxy groups -OCH3 is 1. The van der Waals surface area contributed by atoms with E-state index in [4.69, 9.17) is 4.74 Å². The van der Waals surface area contributed by atoms with Crippen LogP contribution in [0.15, 0.2) is 29.6 Å². The molecule has 6 nitrogen and oxygen atoms in total. The Balaban J connectivity index is 2.03. The van der Waals surface area contributed by atoms with E-state index in [0.717, 1.165) is 0 Å². The summed E-state index contributed by atoms with van der Waals surface area (Å²) in [5.74, 6) is 0.422. The zero-order chi connectivity index (χ0) is 14.5. The highest BCUT2D eigenvalue weighted by atomic mass is 32.1. The first-order chi connectivity index (χ1) is 9.60. The summed E-state index contributed by atoms with van der Waals surface area (Å²) in [5.41, 5.74) is 0.887. The average molecular weight is 291 g/mol. The lowest BCUT2D eigenvalue weighted by Gasteiger charge is -2.09. The summed E-state index contributed by atoms with van der Waals surface area (Å²) in [7, 11) is 1.53. The van der Waals surface area contributed by atoms with Crippen LogP contribution in [0.5, 0.6) is 5.75 Å². The summed E-state index contributed by atoms with van der Waals surface area (Å²) < 4.78 is 5.13. The normalized spacial score (nSPS) is 9.90. The van der Waals surface area contributed by atoms with E-state index in [2.05, 4.69) is 15.6 Å². The number of thiazole rings is 1. The summed E-state index contributed by atoms with van der Waals surface area (Å²) in [6.07, 6.45) is 0. The third-order valence-electron chi connectivity index (χ3n) is 2.44. The summed E-state index contributed by atoms with van der Waals surface area (Å²) >= 11 is 1.19. The number of nitrogens with one attached hydrogen (secondary N) is 2. The van der Waals surface area contributed by atoms with Gasteiger partial charge in [0.1, 0.15) is 11.4 Å². The number of Topliss-reactive ketones (excluding diaryl/α,β-unsaturated/α-hetero) is 1. The molecule has 0 saturated carbocycles. The number of benzene rings is 1. The Morgan fingerprint density at radius 3 is 2.65 bits per heavy atom. The number of hydrogen-bond donors (Lipinski definition) is 2. The second-order valence-corrected chi connectivity index (χ2v) is 4.73. The maximum atomic E-state index is 11.8. The number of carbonyl (C=O) groups is 2. The van der Waals surface area contributed by atoms with Gasteiger partial charge in [0.2, 0.25) is 0 Å². The van der Waals surface area contributed by atoms with Gasteiger partial charge in [0.15, 0.2) is 10.9 Å². The highest BCUT2D eigenvalue weighted by Crippen LogP contribution is 2.23. The number of anilines is 2. The molecule has 1 aromatic heterocycles. The van der Waals surface area contributed by atoms with Crippen LogP contribution >= 0.6 is 11.3 Å². The summed E-state index contributed by atoms with van der Waals surface area (Å²) in [6.45, 7) is 1.42. The zero-order valence-electron chi connectivity index (χ0n) is 11.0. The van der Waals surface area contributed by atoms with Crippen molar-refractivity contribution in [3.63, 3.8) is 0 Å². The van der Waals surface area contributed by atoms with Gasteiger partial charge in [0, 0.05) is 12.3 Å². The van der Waals surface area contributed by atoms with Gasteiger partial charge in [-0.2, -0.15) is 0 Å². The van der Waals surface area contributed by atoms with Crippen molar-refractivity contribution in [3.05, 3.63) is 35.3 Å². The topological polar surface area (TPSA) is 80.3 Å². The van der Waals surface area contributed by atoms with E-state index in [1.807, 2.05) is 6.07 Å². The highest BCUT2D eigenvalue weighted by Gasteiger charge is 2.10. The van der Waals surface area contributed by atoms with E-state index in [1.165, 1.54) is 25.4 Å². The predicted molar refractivity (Wildman–Crippen MR) is 77.8 cm³/mol.